The second kappa shape index (κ2) is 16.2. The molecule has 0 spiro atoms. The lowest BCUT2D eigenvalue weighted by molar-refractivity contribution is -0.154. The molecule has 1 heterocycles. The summed E-state index contributed by atoms with van der Waals surface area (Å²) in [6, 6.07) is 0. The number of ketones is 1. The molecule has 1 aliphatic heterocycles. The second-order valence-electron chi connectivity index (χ2n) is 10.2. The Kier molecular flexibility index (Phi) is 14.6. The van der Waals surface area contributed by atoms with Crippen LogP contribution < -0.4 is 0 Å². The third-order valence-electron chi connectivity index (χ3n) is 7.20. The van der Waals surface area contributed by atoms with E-state index in [4.69, 9.17) is 9.47 Å². The van der Waals surface area contributed by atoms with Crippen LogP contribution in [-0.2, 0) is 23.9 Å². The number of Topliss-reactive ketones (excluding diaryl/α,β-unsaturated/α-hetero) is 1. The van der Waals surface area contributed by atoms with Crippen molar-refractivity contribution in [2.24, 2.45) is 17.3 Å². The number of hydrogen-bond acceptors (Lipinski definition) is 7. The molecule has 0 unspecified atom stereocenters. The van der Waals surface area contributed by atoms with Crippen LogP contribution in [0.1, 0.15) is 72.6 Å². The Morgan fingerprint density at radius 1 is 1.27 bits per heavy atom. The zero-order valence-electron chi connectivity index (χ0n) is 22.6. The Morgan fingerprint density at radius 3 is 2.54 bits per heavy atom. The molecule has 208 valence electrons. The minimum atomic E-state index is -1.30. The SMILES string of the molecule is C=CCC(=O)OC/C1=C/C[C@@H](/C(C)=C/I)OC(=O)C[C@H](O)[C@@](C)(CC=C)C(=O)[C@H](C)[C@@H](O)[C@@H](C)CCC1. The first-order valence-corrected chi connectivity index (χ1v) is 14.1. The fraction of sp³-hybridized carbons (Fsp3) is 0.621. The Balaban J connectivity index is 3.34. The van der Waals surface area contributed by atoms with E-state index in [1.165, 1.54) is 6.08 Å². The molecule has 1 rings (SSSR count). The van der Waals surface area contributed by atoms with E-state index >= 15 is 0 Å². The molecule has 0 amide bonds. The molecule has 0 radical (unpaired) electrons. The standard InChI is InChI=1S/C29H43IO7/c1-7-10-25(32)36-18-22-12-9-11-19(3)27(34)21(5)28(35)29(6,15-8-2)24(31)16-26(33)37-23(14-13-22)20(4)17-30/h7-8,13,17,19,21,23-24,27,31,34H,1-2,9-12,14-16,18H2,3-6H3/b20-17+,22-13+/t19-,21+,23-,24-,27-,29+/m0/s1. The van der Waals surface area contributed by atoms with E-state index in [0.717, 1.165) is 11.1 Å². The highest BCUT2D eigenvalue weighted by Gasteiger charge is 2.45. The maximum absolute atomic E-state index is 13.5. The third kappa shape index (κ3) is 10.1. The van der Waals surface area contributed by atoms with Crippen molar-refractivity contribution in [1.29, 1.82) is 0 Å². The van der Waals surface area contributed by atoms with Gasteiger partial charge < -0.3 is 19.7 Å². The average molecular weight is 631 g/mol. The quantitative estimate of drug-likeness (QED) is 0.221. The number of hydrogen-bond donors (Lipinski definition) is 2. The maximum Gasteiger partial charge on any atom is 0.309 e. The van der Waals surface area contributed by atoms with Gasteiger partial charge in [0.05, 0.1) is 30.5 Å². The number of rotatable bonds is 7. The number of aliphatic hydroxyl groups excluding tert-OH is 2. The first-order valence-electron chi connectivity index (χ1n) is 12.8. The van der Waals surface area contributed by atoms with Crippen molar-refractivity contribution in [1.82, 2.24) is 0 Å². The fourth-order valence-electron chi connectivity index (χ4n) is 4.53. The highest BCUT2D eigenvalue weighted by Crippen LogP contribution is 2.36. The van der Waals surface area contributed by atoms with Gasteiger partial charge in [0.2, 0.25) is 0 Å². The van der Waals surface area contributed by atoms with Crippen molar-refractivity contribution in [3.05, 3.63) is 46.6 Å². The summed E-state index contributed by atoms with van der Waals surface area (Å²) in [5.41, 5.74) is 0.430. The minimum Gasteiger partial charge on any atom is -0.461 e. The van der Waals surface area contributed by atoms with Crippen molar-refractivity contribution in [2.45, 2.75) is 91.0 Å². The number of aliphatic hydroxyl groups is 2. The summed E-state index contributed by atoms with van der Waals surface area (Å²) in [4.78, 5) is 38.3. The molecule has 0 aromatic carbocycles. The zero-order valence-corrected chi connectivity index (χ0v) is 24.7. The lowest BCUT2D eigenvalue weighted by atomic mass is 9.69. The summed E-state index contributed by atoms with van der Waals surface area (Å²) in [5.74, 6) is -2.23. The Bertz CT molecular complexity index is 877. The van der Waals surface area contributed by atoms with Gasteiger partial charge in [-0.3, -0.25) is 14.4 Å². The molecule has 0 saturated carbocycles. The van der Waals surface area contributed by atoms with Crippen LogP contribution in [0.25, 0.3) is 0 Å². The largest absolute Gasteiger partial charge is 0.461 e. The fourth-order valence-corrected chi connectivity index (χ4v) is 4.94. The number of allylic oxidation sites excluding steroid dienone is 1. The average Bonchev–Trinajstić information content (AvgIpc) is 2.86. The van der Waals surface area contributed by atoms with Gasteiger partial charge in [-0.25, -0.2) is 0 Å². The van der Waals surface area contributed by atoms with Gasteiger partial charge in [0.25, 0.3) is 0 Å². The molecular weight excluding hydrogens is 587 g/mol. The monoisotopic (exact) mass is 630 g/mol. The molecule has 0 aromatic heterocycles. The van der Waals surface area contributed by atoms with Crippen LogP contribution in [0.3, 0.4) is 0 Å². The molecule has 6 atom stereocenters. The smallest absolute Gasteiger partial charge is 0.309 e. The van der Waals surface area contributed by atoms with E-state index in [1.807, 2.05) is 24.0 Å². The summed E-state index contributed by atoms with van der Waals surface area (Å²) in [6.07, 6.45) is 4.47. The van der Waals surface area contributed by atoms with Gasteiger partial charge in [0.15, 0.2) is 0 Å². The van der Waals surface area contributed by atoms with Gasteiger partial charge in [-0.2, -0.15) is 0 Å². The van der Waals surface area contributed by atoms with E-state index < -0.39 is 35.6 Å². The summed E-state index contributed by atoms with van der Waals surface area (Å²) < 4.78 is 12.9. The first kappa shape index (κ1) is 33.2. The summed E-state index contributed by atoms with van der Waals surface area (Å²) >= 11 is 2.08. The molecule has 0 bridgehead atoms. The number of ether oxygens (including phenoxy) is 2. The van der Waals surface area contributed by atoms with E-state index in [0.29, 0.717) is 25.7 Å². The first-order chi connectivity index (χ1) is 17.4. The molecule has 8 heteroatoms. The van der Waals surface area contributed by atoms with Crippen LogP contribution in [-0.4, -0.2) is 52.9 Å². The molecule has 37 heavy (non-hydrogen) atoms. The molecular formula is C29H43IO7. The molecule has 0 fully saturated rings. The Morgan fingerprint density at radius 2 is 1.95 bits per heavy atom. The van der Waals surface area contributed by atoms with E-state index in [1.54, 1.807) is 19.9 Å². The molecule has 7 nitrogen and oxygen atoms in total. The van der Waals surface area contributed by atoms with Gasteiger partial charge in [0, 0.05) is 12.3 Å². The van der Waals surface area contributed by atoms with Gasteiger partial charge >= 0.3 is 11.9 Å². The number of esters is 2. The third-order valence-corrected chi connectivity index (χ3v) is 8.18. The number of cyclic esters (lactones) is 1. The maximum atomic E-state index is 13.5. The summed E-state index contributed by atoms with van der Waals surface area (Å²) in [6.45, 7) is 14.4. The Hall–Kier alpha value is -1.78. The number of carbonyl (C=O) groups excluding carboxylic acids is 3. The Labute approximate surface area is 235 Å². The predicted molar refractivity (Wildman–Crippen MR) is 153 cm³/mol. The van der Waals surface area contributed by atoms with Gasteiger partial charge in [-0.05, 0) is 60.7 Å². The molecule has 0 aliphatic carbocycles. The van der Waals surface area contributed by atoms with E-state index in [-0.39, 0.29) is 43.5 Å². The minimum absolute atomic E-state index is 0.116. The topological polar surface area (TPSA) is 110 Å². The van der Waals surface area contributed by atoms with Gasteiger partial charge in [-0.1, -0.05) is 54.7 Å². The number of carbonyl (C=O) groups is 3. The molecule has 2 N–H and O–H groups in total. The van der Waals surface area contributed by atoms with Crippen molar-refractivity contribution in [2.75, 3.05) is 6.61 Å². The van der Waals surface area contributed by atoms with Crippen LogP contribution in [0.15, 0.2) is 46.6 Å². The number of halogens is 1. The molecule has 0 saturated heterocycles. The normalized spacial score (nSPS) is 32.6. The molecule has 1 aliphatic rings. The highest BCUT2D eigenvalue weighted by atomic mass is 127. The lowest BCUT2D eigenvalue weighted by Crippen LogP contribution is -2.47. The van der Waals surface area contributed by atoms with Crippen molar-refractivity contribution in [3.8, 4) is 0 Å². The van der Waals surface area contributed by atoms with Crippen LogP contribution >= 0.6 is 22.6 Å². The van der Waals surface area contributed by atoms with Crippen LogP contribution in [0.5, 0.6) is 0 Å². The van der Waals surface area contributed by atoms with Gasteiger partial charge in [-0.15, -0.1) is 13.2 Å². The van der Waals surface area contributed by atoms with Crippen molar-refractivity contribution >= 4 is 40.3 Å². The highest BCUT2D eigenvalue weighted by molar-refractivity contribution is 14.1. The summed E-state index contributed by atoms with van der Waals surface area (Å²) in [7, 11) is 0. The summed E-state index contributed by atoms with van der Waals surface area (Å²) in [5, 5.41) is 22.0. The molecule has 0 aromatic rings. The van der Waals surface area contributed by atoms with Crippen molar-refractivity contribution < 1.29 is 34.1 Å². The van der Waals surface area contributed by atoms with Crippen LogP contribution in [0.2, 0.25) is 0 Å². The van der Waals surface area contributed by atoms with E-state index in [9.17, 15) is 24.6 Å². The van der Waals surface area contributed by atoms with Gasteiger partial charge in [0.1, 0.15) is 18.5 Å². The van der Waals surface area contributed by atoms with E-state index in [2.05, 4.69) is 35.7 Å². The zero-order chi connectivity index (χ0) is 28.2. The van der Waals surface area contributed by atoms with Crippen LogP contribution in [0.4, 0.5) is 0 Å². The second-order valence-corrected chi connectivity index (χ2v) is 10.8. The van der Waals surface area contributed by atoms with Crippen LogP contribution in [0, 0.1) is 17.3 Å². The lowest BCUT2D eigenvalue weighted by Gasteiger charge is -2.36. The predicted octanol–water partition coefficient (Wildman–Crippen LogP) is 5.39. The van der Waals surface area contributed by atoms with Crippen molar-refractivity contribution in [3.63, 3.8) is 0 Å².